The number of benzene rings is 1. The Bertz CT molecular complexity index is 510. The topological polar surface area (TPSA) is 62.4 Å². The van der Waals surface area contributed by atoms with Gasteiger partial charge in [0, 0.05) is 13.6 Å². The number of rotatable bonds is 4. The first-order valence-corrected chi connectivity index (χ1v) is 6.56. The number of nitrogen functional groups attached to an aromatic ring is 1. The Morgan fingerprint density at radius 2 is 2.06 bits per heavy atom. The zero-order chi connectivity index (χ0) is 13.1. The van der Waals surface area contributed by atoms with E-state index in [0.29, 0.717) is 12.4 Å². The van der Waals surface area contributed by atoms with Crippen molar-refractivity contribution < 1.29 is 5.11 Å². The molecule has 1 atom stereocenters. The van der Waals surface area contributed by atoms with Crippen molar-refractivity contribution in [2.75, 3.05) is 24.2 Å². The lowest BCUT2D eigenvalue weighted by Crippen LogP contribution is -2.26. The third-order valence-corrected chi connectivity index (χ3v) is 3.62. The summed E-state index contributed by atoms with van der Waals surface area (Å²) in [5.74, 6) is 0.540. The average Bonchev–Trinajstić information content (AvgIpc) is 2.71. The normalized spacial score (nSPS) is 12.4. The Morgan fingerprint density at radius 3 is 2.67 bits per heavy atom. The van der Waals surface area contributed by atoms with Crippen molar-refractivity contribution in [3.8, 4) is 11.1 Å². The molecule has 0 bridgehead atoms. The zero-order valence-corrected chi connectivity index (χ0v) is 11.3. The van der Waals surface area contributed by atoms with Gasteiger partial charge in [0.25, 0.3) is 0 Å². The highest BCUT2D eigenvalue weighted by molar-refractivity contribution is 7.11. The first kappa shape index (κ1) is 12.9. The van der Waals surface area contributed by atoms with Crippen molar-refractivity contribution in [1.82, 2.24) is 4.37 Å². The maximum atomic E-state index is 9.46. The lowest BCUT2D eigenvalue weighted by Gasteiger charge is -2.20. The van der Waals surface area contributed by atoms with E-state index in [9.17, 15) is 5.11 Å². The van der Waals surface area contributed by atoms with Gasteiger partial charge in [-0.3, -0.25) is 0 Å². The molecule has 0 amide bonds. The molecule has 0 radical (unpaired) electrons. The summed E-state index contributed by atoms with van der Waals surface area (Å²) < 4.78 is 4.22. The molecule has 2 aromatic rings. The minimum absolute atomic E-state index is 0.387. The van der Waals surface area contributed by atoms with Crippen molar-refractivity contribution in [1.29, 1.82) is 0 Å². The smallest absolute Gasteiger partial charge is 0.147 e. The van der Waals surface area contributed by atoms with Crippen LogP contribution in [0.5, 0.6) is 0 Å². The number of hydrogen-bond donors (Lipinski definition) is 2. The van der Waals surface area contributed by atoms with Crippen molar-refractivity contribution in [3.63, 3.8) is 0 Å². The van der Waals surface area contributed by atoms with Crippen molar-refractivity contribution >= 4 is 22.4 Å². The maximum absolute atomic E-state index is 9.46. The molecule has 18 heavy (non-hydrogen) atoms. The van der Waals surface area contributed by atoms with Crippen LogP contribution >= 0.6 is 11.5 Å². The summed E-state index contributed by atoms with van der Waals surface area (Å²) in [6, 6.07) is 9.95. The molecule has 0 aliphatic heterocycles. The number of hydrogen-bond acceptors (Lipinski definition) is 5. The summed E-state index contributed by atoms with van der Waals surface area (Å²) in [4.78, 5) is 1.99. The molecule has 0 spiro atoms. The molecular formula is C13H17N3OS. The molecule has 5 heteroatoms. The van der Waals surface area contributed by atoms with E-state index in [4.69, 9.17) is 5.73 Å². The SMILES string of the molecule is CC(O)CN(C)c1snc(N)c1-c1ccccc1. The van der Waals surface area contributed by atoms with Crippen LogP contribution in [0.3, 0.4) is 0 Å². The molecule has 0 aliphatic rings. The Morgan fingerprint density at radius 1 is 1.39 bits per heavy atom. The average molecular weight is 263 g/mol. The van der Waals surface area contributed by atoms with Crippen LogP contribution in [-0.4, -0.2) is 29.2 Å². The van der Waals surface area contributed by atoms with E-state index in [1.54, 1.807) is 6.92 Å². The quantitative estimate of drug-likeness (QED) is 0.887. The van der Waals surface area contributed by atoms with Crippen LogP contribution in [0.1, 0.15) is 6.92 Å². The largest absolute Gasteiger partial charge is 0.392 e. The number of nitrogens with two attached hydrogens (primary N) is 1. The highest BCUT2D eigenvalue weighted by atomic mass is 32.1. The number of aliphatic hydroxyl groups is 1. The summed E-state index contributed by atoms with van der Waals surface area (Å²) in [5, 5.41) is 10.4. The first-order valence-electron chi connectivity index (χ1n) is 5.79. The summed E-state index contributed by atoms with van der Waals surface area (Å²) in [6.07, 6.45) is -0.387. The number of aliphatic hydroxyl groups excluding tert-OH is 1. The number of aromatic nitrogens is 1. The first-order chi connectivity index (χ1) is 8.59. The van der Waals surface area contributed by atoms with Crippen LogP contribution in [0.15, 0.2) is 30.3 Å². The fourth-order valence-corrected chi connectivity index (χ4v) is 2.71. The second kappa shape index (κ2) is 5.37. The predicted octanol–water partition coefficient (Wildman–Crippen LogP) is 2.21. The van der Waals surface area contributed by atoms with Crippen LogP contribution < -0.4 is 10.6 Å². The Balaban J connectivity index is 2.39. The molecule has 1 heterocycles. The highest BCUT2D eigenvalue weighted by Crippen LogP contribution is 2.38. The van der Waals surface area contributed by atoms with E-state index < -0.39 is 0 Å². The van der Waals surface area contributed by atoms with Crippen LogP contribution in [0, 0.1) is 0 Å². The number of anilines is 2. The molecule has 0 saturated carbocycles. The lowest BCUT2D eigenvalue weighted by atomic mass is 10.1. The molecule has 2 rings (SSSR count). The Hall–Kier alpha value is -1.59. The van der Waals surface area contributed by atoms with E-state index in [0.717, 1.165) is 16.1 Å². The molecule has 96 valence electrons. The van der Waals surface area contributed by atoms with Gasteiger partial charge in [0.05, 0.1) is 11.7 Å². The molecule has 0 aliphatic carbocycles. The zero-order valence-electron chi connectivity index (χ0n) is 10.5. The molecule has 3 N–H and O–H groups in total. The van der Waals surface area contributed by atoms with E-state index in [2.05, 4.69) is 4.37 Å². The maximum Gasteiger partial charge on any atom is 0.147 e. The standard InChI is InChI=1S/C13H17N3OS/c1-9(17)8-16(2)13-11(12(14)15-18-13)10-6-4-3-5-7-10/h3-7,9,17H,8H2,1-2H3,(H2,14,15). The van der Waals surface area contributed by atoms with E-state index in [1.807, 2.05) is 42.3 Å². The molecule has 4 nitrogen and oxygen atoms in total. The molecular weight excluding hydrogens is 246 g/mol. The molecule has 0 fully saturated rings. The lowest BCUT2D eigenvalue weighted by molar-refractivity contribution is 0.202. The van der Waals surface area contributed by atoms with Crippen molar-refractivity contribution in [2.24, 2.45) is 0 Å². The minimum atomic E-state index is -0.387. The fourth-order valence-electron chi connectivity index (χ4n) is 1.91. The van der Waals surface area contributed by atoms with Gasteiger partial charge in [0.15, 0.2) is 0 Å². The van der Waals surface area contributed by atoms with Crippen LogP contribution in [0.25, 0.3) is 11.1 Å². The van der Waals surface area contributed by atoms with Crippen molar-refractivity contribution in [2.45, 2.75) is 13.0 Å². The fraction of sp³-hybridized carbons (Fsp3) is 0.308. The second-order valence-corrected chi connectivity index (χ2v) is 5.10. The summed E-state index contributed by atoms with van der Waals surface area (Å²) in [6.45, 7) is 2.32. The van der Waals surface area contributed by atoms with E-state index in [-0.39, 0.29) is 6.10 Å². The molecule has 1 aromatic carbocycles. The predicted molar refractivity (Wildman–Crippen MR) is 76.9 cm³/mol. The summed E-state index contributed by atoms with van der Waals surface area (Å²) in [5.41, 5.74) is 7.95. The van der Waals surface area contributed by atoms with E-state index >= 15 is 0 Å². The van der Waals surface area contributed by atoms with Crippen LogP contribution in [0.2, 0.25) is 0 Å². The summed E-state index contributed by atoms with van der Waals surface area (Å²) in [7, 11) is 1.94. The Labute approximate surface area is 111 Å². The molecule has 1 aromatic heterocycles. The van der Waals surface area contributed by atoms with Crippen LogP contribution in [0.4, 0.5) is 10.8 Å². The van der Waals surface area contributed by atoms with Gasteiger partial charge in [0.2, 0.25) is 0 Å². The van der Waals surface area contributed by atoms with Gasteiger partial charge in [-0.25, -0.2) is 0 Å². The molecule has 1 unspecified atom stereocenters. The van der Waals surface area contributed by atoms with Gasteiger partial charge in [-0.15, -0.1) is 0 Å². The monoisotopic (exact) mass is 263 g/mol. The summed E-state index contributed by atoms with van der Waals surface area (Å²) >= 11 is 1.36. The van der Waals surface area contributed by atoms with Gasteiger partial charge in [-0.2, -0.15) is 4.37 Å². The third kappa shape index (κ3) is 2.63. The van der Waals surface area contributed by atoms with Gasteiger partial charge in [0.1, 0.15) is 10.8 Å². The van der Waals surface area contributed by atoms with Gasteiger partial charge in [-0.1, -0.05) is 30.3 Å². The molecule has 0 saturated heterocycles. The highest BCUT2D eigenvalue weighted by Gasteiger charge is 2.17. The number of likely N-dealkylation sites (N-methyl/N-ethyl adjacent to an activating group) is 1. The van der Waals surface area contributed by atoms with E-state index in [1.165, 1.54) is 11.5 Å². The van der Waals surface area contributed by atoms with Crippen molar-refractivity contribution in [3.05, 3.63) is 30.3 Å². The minimum Gasteiger partial charge on any atom is -0.392 e. The van der Waals surface area contributed by atoms with Crippen LogP contribution in [-0.2, 0) is 0 Å². The van der Waals surface area contributed by atoms with Gasteiger partial charge >= 0.3 is 0 Å². The second-order valence-electron chi connectivity index (χ2n) is 4.34. The van der Waals surface area contributed by atoms with Gasteiger partial charge < -0.3 is 15.7 Å². The third-order valence-electron chi connectivity index (χ3n) is 2.65. The van der Waals surface area contributed by atoms with Gasteiger partial charge in [-0.05, 0) is 24.0 Å². The Kier molecular flexibility index (Phi) is 3.84. The number of nitrogens with zero attached hydrogens (tertiary/aromatic N) is 2.